The van der Waals surface area contributed by atoms with Crippen molar-refractivity contribution in [1.82, 2.24) is 9.88 Å². The van der Waals surface area contributed by atoms with Crippen molar-refractivity contribution >= 4 is 17.5 Å². The first-order valence-corrected chi connectivity index (χ1v) is 6.24. The molecule has 1 amide bonds. The topological polar surface area (TPSA) is 51.7 Å². The van der Waals surface area contributed by atoms with Gasteiger partial charge in [0.15, 0.2) is 0 Å². The number of morpholine rings is 1. The van der Waals surface area contributed by atoms with E-state index in [2.05, 4.69) is 4.98 Å². The van der Waals surface area contributed by atoms with Gasteiger partial charge in [-0.1, -0.05) is 0 Å². The molecule has 98 valence electrons. The maximum absolute atomic E-state index is 12.5. The summed E-state index contributed by atoms with van der Waals surface area (Å²) in [6.45, 7) is 1.55. The van der Waals surface area contributed by atoms with Gasteiger partial charge in [0, 0.05) is 18.6 Å². The molecule has 0 bridgehead atoms. The molecule has 1 aliphatic heterocycles. The van der Waals surface area contributed by atoms with E-state index in [1.807, 2.05) is 0 Å². The van der Waals surface area contributed by atoms with Crippen molar-refractivity contribution in [3.63, 3.8) is 0 Å². The Kier molecular flexibility index (Phi) is 4.38. The molecule has 1 unspecified atom stereocenters. The van der Waals surface area contributed by atoms with E-state index in [-0.39, 0.29) is 11.9 Å². The summed E-state index contributed by atoms with van der Waals surface area (Å²) in [6.07, 6.45) is 3.11. The minimum absolute atomic E-state index is 0.0919. The van der Waals surface area contributed by atoms with Crippen molar-refractivity contribution < 1.29 is 14.3 Å². The highest BCUT2D eigenvalue weighted by Crippen LogP contribution is 2.20. The third kappa shape index (κ3) is 2.57. The summed E-state index contributed by atoms with van der Waals surface area (Å²) in [5.41, 5.74) is 0.504. The van der Waals surface area contributed by atoms with Crippen molar-refractivity contribution in [2.75, 3.05) is 32.7 Å². The molecule has 5 nitrogen and oxygen atoms in total. The van der Waals surface area contributed by atoms with Crippen LogP contribution in [0.3, 0.4) is 0 Å². The molecule has 6 heteroatoms. The summed E-state index contributed by atoms with van der Waals surface area (Å²) in [6, 6.07) is 1.56. The highest BCUT2D eigenvalue weighted by atomic mass is 35.5. The Morgan fingerprint density at radius 2 is 2.56 bits per heavy atom. The number of pyridine rings is 1. The lowest BCUT2D eigenvalue weighted by Gasteiger charge is -2.34. The molecule has 1 aromatic heterocycles. The van der Waals surface area contributed by atoms with Gasteiger partial charge in [-0.25, -0.2) is 0 Å². The lowest BCUT2D eigenvalue weighted by molar-refractivity contribution is 0.00440. The molecule has 0 N–H and O–H groups in total. The second kappa shape index (κ2) is 6.02. The van der Waals surface area contributed by atoms with Crippen LogP contribution in [0.15, 0.2) is 18.5 Å². The molecule has 0 spiro atoms. The number of nitrogens with zero attached hydrogens (tertiary/aromatic N) is 2. The molecule has 0 aliphatic carbocycles. The van der Waals surface area contributed by atoms with Gasteiger partial charge in [0.1, 0.15) is 5.75 Å². The first-order chi connectivity index (χ1) is 8.77. The summed E-state index contributed by atoms with van der Waals surface area (Å²) < 4.78 is 10.5. The monoisotopic (exact) mass is 270 g/mol. The van der Waals surface area contributed by atoms with Gasteiger partial charge in [0.05, 0.1) is 38.1 Å². The molecule has 1 atom stereocenters. The Hall–Kier alpha value is -1.33. The Morgan fingerprint density at radius 3 is 3.28 bits per heavy atom. The SMILES string of the molecule is COc1cnccc1C(=O)N1CCOCC1CCl. The van der Waals surface area contributed by atoms with E-state index in [0.717, 1.165) is 0 Å². The van der Waals surface area contributed by atoms with Crippen LogP contribution in [0.25, 0.3) is 0 Å². The molecule has 1 aliphatic rings. The number of carbonyl (C=O) groups excluding carboxylic acids is 1. The number of amides is 1. The average Bonchev–Trinajstić information content (AvgIpc) is 2.46. The van der Waals surface area contributed by atoms with Gasteiger partial charge in [-0.2, -0.15) is 0 Å². The number of methoxy groups -OCH3 is 1. The van der Waals surface area contributed by atoms with E-state index in [4.69, 9.17) is 21.1 Å². The lowest BCUT2D eigenvalue weighted by atomic mass is 10.1. The van der Waals surface area contributed by atoms with E-state index >= 15 is 0 Å². The first-order valence-electron chi connectivity index (χ1n) is 5.70. The molecule has 2 rings (SSSR count). The lowest BCUT2D eigenvalue weighted by Crippen LogP contribution is -2.49. The van der Waals surface area contributed by atoms with Gasteiger partial charge in [-0.05, 0) is 6.07 Å². The standard InChI is InChI=1S/C12H15ClN2O3/c1-17-11-7-14-3-2-10(11)12(16)15-4-5-18-8-9(15)6-13/h2-3,7,9H,4-6,8H2,1H3. The zero-order chi connectivity index (χ0) is 13.0. The highest BCUT2D eigenvalue weighted by Gasteiger charge is 2.28. The predicted octanol–water partition coefficient (Wildman–Crippen LogP) is 1.17. The molecule has 0 radical (unpaired) electrons. The van der Waals surface area contributed by atoms with Crippen molar-refractivity contribution in [3.05, 3.63) is 24.0 Å². The molecule has 0 saturated carbocycles. The molecule has 1 aromatic rings. The van der Waals surface area contributed by atoms with E-state index in [1.165, 1.54) is 13.3 Å². The molecule has 2 heterocycles. The number of ether oxygens (including phenoxy) is 2. The number of hydrogen-bond donors (Lipinski definition) is 0. The number of alkyl halides is 1. The molecule has 0 aromatic carbocycles. The molecule has 18 heavy (non-hydrogen) atoms. The van der Waals surface area contributed by atoms with E-state index in [9.17, 15) is 4.79 Å². The van der Waals surface area contributed by atoms with Crippen LogP contribution in [-0.4, -0.2) is 54.6 Å². The van der Waals surface area contributed by atoms with Gasteiger partial charge in [0.25, 0.3) is 5.91 Å². The third-order valence-electron chi connectivity index (χ3n) is 2.90. The van der Waals surface area contributed by atoms with Crippen LogP contribution in [0.5, 0.6) is 5.75 Å². The van der Waals surface area contributed by atoms with Gasteiger partial charge in [-0.15, -0.1) is 11.6 Å². The fourth-order valence-corrected chi connectivity index (χ4v) is 2.18. The number of aromatic nitrogens is 1. The zero-order valence-electron chi connectivity index (χ0n) is 10.1. The fraction of sp³-hybridized carbons (Fsp3) is 0.500. The largest absolute Gasteiger partial charge is 0.494 e. The Balaban J connectivity index is 2.24. The Labute approximate surface area is 111 Å². The van der Waals surface area contributed by atoms with Crippen LogP contribution in [0.2, 0.25) is 0 Å². The second-order valence-electron chi connectivity index (χ2n) is 3.96. The van der Waals surface area contributed by atoms with Crippen molar-refractivity contribution in [3.8, 4) is 5.75 Å². The second-order valence-corrected chi connectivity index (χ2v) is 4.27. The normalized spacial score (nSPS) is 19.7. The summed E-state index contributed by atoms with van der Waals surface area (Å²) in [4.78, 5) is 18.1. The minimum atomic E-state index is -0.0943. The van der Waals surface area contributed by atoms with Crippen LogP contribution in [0.1, 0.15) is 10.4 Å². The molecular formula is C12H15ClN2O3. The molecule has 1 fully saturated rings. The fourth-order valence-electron chi connectivity index (χ4n) is 1.92. The number of carbonyl (C=O) groups is 1. The smallest absolute Gasteiger partial charge is 0.258 e. The number of hydrogen-bond acceptors (Lipinski definition) is 4. The maximum atomic E-state index is 12.5. The van der Waals surface area contributed by atoms with Gasteiger partial charge in [-0.3, -0.25) is 9.78 Å². The van der Waals surface area contributed by atoms with Crippen molar-refractivity contribution in [2.24, 2.45) is 0 Å². The van der Waals surface area contributed by atoms with Crippen molar-refractivity contribution in [2.45, 2.75) is 6.04 Å². The Morgan fingerprint density at radius 1 is 1.72 bits per heavy atom. The van der Waals surface area contributed by atoms with Crippen LogP contribution < -0.4 is 4.74 Å². The van der Waals surface area contributed by atoms with Crippen LogP contribution in [0, 0.1) is 0 Å². The minimum Gasteiger partial charge on any atom is -0.494 e. The van der Waals surface area contributed by atoms with Crippen LogP contribution >= 0.6 is 11.6 Å². The van der Waals surface area contributed by atoms with Crippen LogP contribution in [0.4, 0.5) is 0 Å². The first kappa shape index (κ1) is 13.1. The Bertz CT molecular complexity index is 428. The van der Waals surface area contributed by atoms with E-state index in [1.54, 1.807) is 17.2 Å². The predicted molar refractivity (Wildman–Crippen MR) is 67.2 cm³/mol. The quantitative estimate of drug-likeness (QED) is 0.774. The summed E-state index contributed by atoms with van der Waals surface area (Å²) in [7, 11) is 1.52. The van der Waals surface area contributed by atoms with Gasteiger partial charge >= 0.3 is 0 Å². The summed E-state index contributed by atoms with van der Waals surface area (Å²) in [5, 5.41) is 0. The van der Waals surface area contributed by atoms with Crippen molar-refractivity contribution in [1.29, 1.82) is 0 Å². The number of rotatable bonds is 3. The third-order valence-corrected chi connectivity index (χ3v) is 3.26. The molecule has 1 saturated heterocycles. The van der Waals surface area contributed by atoms with Gasteiger partial charge in [0.2, 0.25) is 0 Å². The highest BCUT2D eigenvalue weighted by molar-refractivity contribution is 6.18. The average molecular weight is 271 g/mol. The summed E-state index contributed by atoms with van der Waals surface area (Å²) in [5.74, 6) is 0.740. The van der Waals surface area contributed by atoms with E-state index in [0.29, 0.717) is 37.0 Å². The maximum Gasteiger partial charge on any atom is 0.258 e. The molecular weight excluding hydrogens is 256 g/mol. The number of halogens is 1. The zero-order valence-corrected chi connectivity index (χ0v) is 10.9. The van der Waals surface area contributed by atoms with E-state index < -0.39 is 0 Å². The summed E-state index contributed by atoms with van der Waals surface area (Å²) >= 11 is 5.86. The van der Waals surface area contributed by atoms with Gasteiger partial charge < -0.3 is 14.4 Å². The van der Waals surface area contributed by atoms with Crippen LogP contribution in [-0.2, 0) is 4.74 Å².